The van der Waals surface area contributed by atoms with Crippen molar-refractivity contribution in [3.05, 3.63) is 11.6 Å². The summed E-state index contributed by atoms with van der Waals surface area (Å²) in [7, 11) is 0. The number of carboxylic acid groups (broad SMARTS) is 1. The summed E-state index contributed by atoms with van der Waals surface area (Å²) in [6, 6.07) is 0. The molecule has 0 spiro atoms. The first-order valence-corrected chi connectivity index (χ1v) is 10.6. The van der Waals surface area contributed by atoms with E-state index in [2.05, 4.69) is 25.1 Å². The summed E-state index contributed by atoms with van der Waals surface area (Å²) in [6.07, 6.45) is 11.0. The van der Waals surface area contributed by atoms with E-state index in [0.29, 0.717) is 5.92 Å². The maximum atomic E-state index is 10.6. The lowest BCUT2D eigenvalue weighted by molar-refractivity contribution is -0.138. The van der Waals surface area contributed by atoms with Crippen molar-refractivity contribution < 1.29 is 19.8 Å². The molecule has 0 heterocycles. The molecule has 2 N–H and O–H groups in total. The van der Waals surface area contributed by atoms with E-state index < -0.39 is 5.97 Å². The molecule has 3 fully saturated rings. The van der Waals surface area contributed by atoms with Crippen LogP contribution in [0.2, 0.25) is 0 Å². The number of aliphatic hydroxyl groups is 1. The van der Waals surface area contributed by atoms with Crippen LogP contribution in [-0.2, 0) is 9.63 Å². The summed E-state index contributed by atoms with van der Waals surface area (Å²) in [6.45, 7) is 4.91. The Kier molecular flexibility index (Phi) is 4.86. The Morgan fingerprint density at radius 1 is 1.19 bits per heavy atom. The molecule has 6 atom stereocenters. The molecule has 0 unspecified atom stereocenters. The number of fused-ring (bicyclic) bond motifs is 5. The molecule has 3 saturated carbocycles. The lowest BCUT2D eigenvalue weighted by Crippen LogP contribution is -2.51. The maximum Gasteiger partial charge on any atom is 0.306 e. The highest BCUT2D eigenvalue weighted by atomic mass is 16.6. The van der Waals surface area contributed by atoms with Crippen LogP contribution in [0.25, 0.3) is 0 Å². The Morgan fingerprint density at radius 3 is 2.78 bits per heavy atom. The average Bonchev–Trinajstić information content (AvgIpc) is 2.94. The number of nitrogens with zero attached hydrogens (tertiary/aromatic N) is 1. The molecule has 27 heavy (non-hydrogen) atoms. The SMILES string of the molecule is C[C@]12CC[C@H]3[C@@H](CCC4=CC(=NOCCC(=O)O)CC[C@@]43C)[C@@H]1CC[C@@H]2O. The van der Waals surface area contributed by atoms with Gasteiger partial charge in [-0.25, -0.2) is 0 Å². The molecule has 0 aromatic heterocycles. The predicted octanol–water partition coefficient (Wildman–Crippen LogP) is 4.16. The third-order valence-electron chi connectivity index (χ3n) is 8.52. The largest absolute Gasteiger partial charge is 0.481 e. The van der Waals surface area contributed by atoms with Crippen LogP contribution in [0.15, 0.2) is 16.8 Å². The first-order chi connectivity index (χ1) is 12.8. The first kappa shape index (κ1) is 19.0. The van der Waals surface area contributed by atoms with E-state index in [-0.39, 0.29) is 30.0 Å². The number of rotatable bonds is 4. The smallest absolute Gasteiger partial charge is 0.306 e. The number of allylic oxidation sites excluding steroid dienone is 2. The highest BCUT2D eigenvalue weighted by molar-refractivity contribution is 5.96. The quantitative estimate of drug-likeness (QED) is 0.571. The summed E-state index contributed by atoms with van der Waals surface area (Å²) in [5.74, 6) is 1.28. The van der Waals surface area contributed by atoms with Crippen LogP contribution in [0.5, 0.6) is 0 Å². The molecule has 5 heteroatoms. The zero-order valence-corrected chi connectivity index (χ0v) is 16.6. The van der Waals surface area contributed by atoms with Gasteiger partial charge in [0.15, 0.2) is 0 Å². The minimum Gasteiger partial charge on any atom is -0.481 e. The lowest BCUT2D eigenvalue weighted by Gasteiger charge is -2.57. The summed E-state index contributed by atoms with van der Waals surface area (Å²) in [4.78, 5) is 15.8. The van der Waals surface area contributed by atoms with E-state index in [1.807, 2.05) is 0 Å². The normalized spacial score (nSPS) is 44.9. The van der Waals surface area contributed by atoms with Crippen LogP contribution in [0.3, 0.4) is 0 Å². The Hall–Kier alpha value is -1.36. The third-order valence-corrected chi connectivity index (χ3v) is 8.52. The average molecular weight is 376 g/mol. The van der Waals surface area contributed by atoms with Gasteiger partial charge in [0, 0.05) is 0 Å². The first-order valence-electron chi connectivity index (χ1n) is 10.6. The molecular weight excluding hydrogens is 342 g/mol. The van der Waals surface area contributed by atoms with Gasteiger partial charge in [-0.3, -0.25) is 4.79 Å². The lowest BCUT2D eigenvalue weighted by atomic mass is 9.47. The van der Waals surface area contributed by atoms with Crippen molar-refractivity contribution in [2.45, 2.75) is 77.7 Å². The van der Waals surface area contributed by atoms with E-state index in [1.165, 1.54) is 24.8 Å². The van der Waals surface area contributed by atoms with Crippen LogP contribution in [-0.4, -0.2) is 34.6 Å². The number of aliphatic carboxylic acids is 1. The second-order valence-corrected chi connectivity index (χ2v) is 9.70. The number of hydrogen-bond acceptors (Lipinski definition) is 4. The molecule has 4 aliphatic rings. The fourth-order valence-electron chi connectivity index (χ4n) is 6.88. The van der Waals surface area contributed by atoms with Gasteiger partial charge in [0.2, 0.25) is 0 Å². The Bertz CT molecular complexity index is 671. The van der Waals surface area contributed by atoms with Crippen molar-refractivity contribution in [3.8, 4) is 0 Å². The molecule has 0 amide bonds. The minimum atomic E-state index is -0.857. The molecule has 4 aliphatic carbocycles. The van der Waals surface area contributed by atoms with Gasteiger partial charge in [0.05, 0.1) is 18.2 Å². The molecule has 0 bridgehead atoms. The molecule has 0 aromatic carbocycles. The van der Waals surface area contributed by atoms with Gasteiger partial charge in [-0.15, -0.1) is 0 Å². The number of oxime groups is 1. The van der Waals surface area contributed by atoms with Crippen molar-refractivity contribution in [1.82, 2.24) is 0 Å². The highest BCUT2D eigenvalue weighted by Gasteiger charge is 2.58. The molecule has 150 valence electrons. The molecule has 4 rings (SSSR count). The molecule has 5 nitrogen and oxygen atoms in total. The fraction of sp³-hybridized carbons (Fsp3) is 0.818. The van der Waals surface area contributed by atoms with Crippen LogP contribution in [0, 0.1) is 28.6 Å². The number of carbonyl (C=O) groups is 1. The van der Waals surface area contributed by atoms with Crippen LogP contribution in [0.4, 0.5) is 0 Å². The van der Waals surface area contributed by atoms with Crippen molar-refractivity contribution in [2.24, 2.45) is 33.7 Å². The van der Waals surface area contributed by atoms with Crippen LogP contribution >= 0.6 is 0 Å². The second-order valence-electron chi connectivity index (χ2n) is 9.70. The molecule has 0 aliphatic heterocycles. The van der Waals surface area contributed by atoms with E-state index in [0.717, 1.165) is 49.7 Å². The van der Waals surface area contributed by atoms with E-state index in [9.17, 15) is 9.90 Å². The summed E-state index contributed by atoms with van der Waals surface area (Å²) < 4.78 is 0. The van der Waals surface area contributed by atoms with E-state index in [4.69, 9.17) is 9.94 Å². The Balaban J connectivity index is 1.50. The van der Waals surface area contributed by atoms with Gasteiger partial charge in [-0.05, 0) is 86.0 Å². The van der Waals surface area contributed by atoms with Gasteiger partial charge in [-0.1, -0.05) is 24.6 Å². The number of carboxylic acids is 1. The molecule has 0 aromatic rings. The Labute approximate surface area is 161 Å². The molecule has 0 saturated heterocycles. The fourth-order valence-corrected chi connectivity index (χ4v) is 6.88. The van der Waals surface area contributed by atoms with Crippen molar-refractivity contribution in [1.29, 1.82) is 0 Å². The zero-order chi connectivity index (χ0) is 19.2. The van der Waals surface area contributed by atoms with E-state index in [1.54, 1.807) is 0 Å². The van der Waals surface area contributed by atoms with Gasteiger partial charge >= 0.3 is 5.97 Å². The van der Waals surface area contributed by atoms with Crippen molar-refractivity contribution in [2.75, 3.05) is 6.61 Å². The summed E-state index contributed by atoms with van der Waals surface area (Å²) in [5, 5.41) is 23.5. The summed E-state index contributed by atoms with van der Waals surface area (Å²) in [5.41, 5.74) is 2.86. The summed E-state index contributed by atoms with van der Waals surface area (Å²) >= 11 is 0. The van der Waals surface area contributed by atoms with Crippen molar-refractivity contribution in [3.63, 3.8) is 0 Å². The topological polar surface area (TPSA) is 79.1 Å². The van der Waals surface area contributed by atoms with Gasteiger partial charge in [0.1, 0.15) is 6.61 Å². The third kappa shape index (κ3) is 3.12. The zero-order valence-electron chi connectivity index (χ0n) is 16.6. The molecule has 0 radical (unpaired) electrons. The van der Waals surface area contributed by atoms with Crippen LogP contribution in [0.1, 0.15) is 71.6 Å². The maximum absolute atomic E-state index is 10.6. The highest BCUT2D eigenvalue weighted by Crippen LogP contribution is 2.65. The van der Waals surface area contributed by atoms with E-state index >= 15 is 0 Å². The number of aliphatic hydroxyl groups excluding tert-OH is 1. The Morgan fingerprint density at radius 2 is 2.00 bits per heavy atom. The van der Waals surface area contributed by atoms with Gasteiger partial charge < -0.3 is 15.1 Å². The van der Waals surface area contributed by atoms with Gasteiger partial charge in [0.25, 0.3) is 0 Å². The number of hydrogen-bond donors (Lipinski definition) is 2. The van der Waals surface area contributed by atoms with Gasteiger partial charge in [-0.2, -0.15) is 0 Å². The van der Waals surface area contributed by atoms with Crippen molar-refractivity contribution >= 4 is 11.7 Å². The predicted molar refractivity (Wildman–Crippen MR) is 103 cm³/mol. The standard InChI is InChI=1S/C22H33NO4/c1-21-10-7-15(23-27-12-9-20(25)26)13-14(21)3-4-16-17-5-6-19(24)22(17,2)11-8-18(16)21/h13,16-19,24H,3-12H2,1-2H3,(H,25,26)/t16-,17-,18-,19-,21-,22-/m0/s1. The van der Waals surface area contributed by atoms with Crippen LogP contribution < -0.4 is 0 Å². The monoisotopic (exact) mass is 375 g/mol. The molecular formula is C22H33NO4. The minimum absolute atomic E-state index is 0.0131. The second kappa shape index (κ2) is 6.91.